The molecule has 0 N–H and O–H groups in total. The number of aromatic nitrogens is 3. The number of furan rings is 2. The summed E-state index contributed by atoms with van der Waals surface area (Å²) in [6.07, 6.45) is 0. The smallest absolute Gasteiger partial charge is 0.161 e. The van der Waals surface area contributed by atoms with Crippen LogP contribution < -0.4 is 0 Å². The topological polar surface area (TPSA) is 57.0 Å². The standard InChI is InChI=1S/C54H31N3O2/c1-2-13-35(14-3-1)57-44-27-25-33(30-41(44)50-36-15-5-4-12-32(36)24-28-45(50)57)34-26-29-47-42(31-34)52-39(18-10-22-49(52)59-47)53-37-16-6-8-20-43(37)55-54(56-53)40-19-11-23-48-51(40)38-17-7-9-21-46(38)58-48/h1-31H. The second-order valence-electron chi connectivity index (χ2n) is 15.3. The van der Waals surface area contributed by atoms with Crippen LogP contribution in [0.5, 0.6) is 0 Å². The highest BCUT2D eigenvalue weighted by molar-refractivity contribution is 6.22. The Hall–Kier alpha value is -8.02. The van der Waals surface area contributed by atoms with Gasteiger partial charge in [-0.2, -0.15) is 0 Å². The third kappa shape index (κ3) is 4.73. The van der Waals surface area contributed by atoms with Crippen molar-refractivity contribution in [1.82, 2.24) is 14.5 Å². The molecule has 13 rings (SSSR count). The molecule has 0 fully saturated rings. The van der Waals surface area contributed by atoms with Crippen molar-refractivity contribution >= 4 is 87.4 Å². The SMILES string of the molecule is c1ccc(-n2c3ccc(-c4ccc5oc6cccc(-c7nc(-c8cccc9oc%10ccccc%10c89)nc8ccccc78)c6c5c4)cc3c3c4ccccc4ccc32)cc1. The maximum absolute atomic E-state index is 6.60. The summed E-state index contributed by atoms with van der Waals surface area (Å²) in [5, 5.41) is 10.0. The average Bonchev–Trinajstić information content (AvgIpc) is 3.98. The largest absolute Gasteiger partial charge is 0.456 e. The first-order valence-corrected chi connectivity index (χ1v) is 19.9. The Kier molecular flexibility index (Phi) is 6.66. The van der Waals surface area contributed by atoms with Crippen LogP contribution in [0.25, 0.3) is 127 Å². The van der Waals surface area contributed by atoms with Gasteiger partial charge < -0.3 is 13.4 Å². The summed E-state index contributed by atoms with van der Waals surface area (Å²) in [4.78, 5) is 10.6. The molecule has 0 aliphatic heterocycles. The highest BCUT2D eigenvalue weighted by atomic mass is 16.3. The van der Waals surface area contributed by atoms with Crippen molar-refractivity contribution in [1.29, 1.82) is 0 Å². The quantitative estimate of drug-likeness (QED) is 0.180. The zero-order valence-corrected chi connectivity index (χ0v) is 31.6. The minimum atomic E-state index is 0.650. The molecule has 0 bridgehead atoms. The molecule has 0 aliphatic carbocycles. The van der Waals surface area contributed by atoms with Crippen molar-refractivity contribution in [2.24, 2.45) is 0 Å². The van der Waals surface area contributed by atoms with Gasteiger partial charge in [0.25, 0.3) is 0 Å². The van der Waals surface area contributed by atoms with Gasteiger partial charge in [-0.25, -0.2) is 9.97 Å². The van der Waals surface area contributed by atoms with Crippen LogP contribution >= 0.6 is 0 Å². The van der Waals surface area contributed by atoms with Crippen LogP contribution in [0.4, 0.5) is 0 Å². The maximum atomic E-state index is 6.60. The summed E-state index contributed by atoms with van der Waals surface area (Å²) in [6, 6.07) is 66.1. The molecular formula is C54H31N3O2. The average molecular weight is 754 g/mol. The van der Waals surface area contributed by atoms with Gasteiger partial charge >= 0.3 is 0 Å². The molecule has 4 heterocycles. The van der Waals surface area contributed by atoms with E-state index < -0.39 is 0 Å². The van der Waals surface area contributed by atoms with Crippen LogP contribution in [0.3, 0.4) is 0 Å². The minimum Gasteiger partial charge on any atom is -0.456 e. The predicted octanol–water partition coefficient (Wildman–Crippen LogP) is 14.7. The number of nitrogens with zero attached hydrogens (tertiary/aromatic N) is 3. The van der Waals surface area contributed by atoms with Gasteiger partial charge in [0.05, 0.1) is 22.2 Å². The van der Waals surface area contributed by atoms with Crippen LogP contribution in [0.15, 0.2) is 197 Å². The van der Waals surface area contributed by atoms with E-state index in [-0.39, 0.29) is 0 Å². The molecule has 0 saturated heterocycles. The van der Waals surface area contributed by atoms with Crippen molar-refractivity contribution in [2.75, 3.05) is 0 Å². The second-order valence-corrected chi connectivity index (χ2v) is 15.3. The third-order valence-electron chi connectivity index (χ3n) is 12.0. The zero-order chi connectivity index (χ0) is 38.6. The van der Waals surface area contributed by atoms with Crippen molar-refractivity contribution in [2.45, 2.75) is 0 Å². The second kappa shape index (κ2) is 12.2. The van der Waals surface area contributed by atoms with E-state index >= 15 is 0 Å². The first-order valence-electron chi connectivity index (χ1n) is 19.9. The number of benzene rings is 9. The summed E-state index contributed by atoms with van der Waals surface area (Å²) in [5.41, 5.74) is 12.7. The maximum Gasteiger partial charge on any atom is 0.161 e. The van der Waals surface area contributed by atoms with E-state index in [2.05, 4.69) is 156 Å². The van der Waals surface area contributed by atoms with Gasteiger partial charge in [0.15, 0.2) is 5.82 Å². The van der Waals surface area contributed by atoms with Crippen LogP contribution in [0, 0.1) is 0 Å². The number of hydrogen-bond acceptors (Lipinski definition) is 4. The van der Waals surface area contributed by atoms with Gasteiger partial charge in [-0.15, -0.1) is 0 Å². The van der Waals surface area contributed by atoms with Gasteiger partial charge in [0.1, 0.15) is 22.3 Å². The molecule has 5 heteroatoms. The lowest BCUT2D eigenvalue weighted by atomic mass is 9.96. The number of para-hydroxylation sites is 3. The highest BCUT2D eigenvalue weighted by Crippen LogP contribution is 2.43. The fourth-order valence-electron chi connectivity index (χ4n) is 9.39. The Morgan fingerprint density at radius 1 is 0.373 bits per heavy atom. The normalized spacial score (nSPS) is 12.1. The molecule has 0 amide bonds. The van der Waals surface area contributed by atoms with Crippen molar-refractivity contribution in [3.8, 4) is 39.5 Å². The van der Waals surface area contributed by atoms with E-state index in [0.29, 0.717) is 5.82 Å². The lowest BCUT2D eigenvalue weighted by Gasteiger charge is -2.11. The van der Waals surface area contributed by atoms with E-state index in [4.69, 9.17) is 18.8 Å². The Morgan fingerprint density at radius 3 is 1.85 bits per heavy atom. The van der Waals surface area contributed by atoms with Gasteiger partial charge in [-0.3, -0.25) is 0 Å². The molecule has 0 aliphatic rings. The van der Waals surface area contributed by atoms with Gasteiger partial charge in [0.2, 0.25) is 0 Å². The van der Waals surface area contributed by atoms with Crippen molar-refractivity contribution in [3.05, 3.63) is 188 Å². The highest BCUT2D eigenvalue weighted by Gasteiger charge is 2.21. The molecule has 0 radical (unpaired) electrons. The van der Waals surface area contributed by atoms with E-state index in [1.54, 1.807) is 0 Å². The summed E-state index contributed by atoms with van der Waals surface area (Å²) in [5.74, 6) is 0.650. The van der Waals surface area contributed by atoms with E-state index in [1.807, 2.05) is 36.4 Å². The van der Waals surface area contributed by atoms with Gasteiger partial charge in [0, 0.05) is 54.5 Å². The Labute approximate surface area is 337 Å². The lowest BCUT2D eigenvalue weighted by Crippen LogP contribution is -1.96. The van der Waals surface area contributed by atoms with Crippen molar-refractivity contribution < 1.29 is 8.83 Å². The molecule has 0 spiro atoms. The molecule has 0 unspecified atom stereocenters. The summed E-state index contributed by atoms with van der Waals surface area (Å²) < 4.78 is 15.3. The fraction of sp³-hybridized carbons (Fsp3) is 0. The summed E-state index contributed by atoms with van der Waals surface area (Å²) >= 11 is 0. The Bertz CT molecular complexity index is 3850. The monoisotopic (exact) mass is 753 g/mol. The molecule has 59 heavy (non-hydrogen) atoms. The van der Waals surface area contributed by atoms with Gasteiger partial charge in [-0.1, -0.05) is 121 Å². The third-order valence-corrected chi connectivity index (χ3v) is 12.0. The molecule has 13 aromatic rings. The zero-order valence-electron chi connectivity index (χ0n) is 31.6. The summed E-state index contributed by atoms with van der Waals surface area (Å²) in [7, 11) is 0. The first kappa shape index (κ1) is 32.1. The molecular weight excluding hydrogens is 723 g/mol. The minimum absolute atomic E-state index is 0.650. The molecule has 9 aromatic carbocycles. The molecule has 274 valence electrons. The molecule has 4 aromatic heterocycles. The number of hydrogen-bond donors (Lipinski definition) is 0. The van der Waals surface area contributed by atoms with Gasteiger partial charge in [-0.05, 0) is 88.6 Å². The van der Waals surface area contributed by atoms with Crippen LogP contribution in [0.1, 0.15) is 0 Å². The Morgan fingerprint density at radius 2 is 1.00 bits per heavy atom. The van der Waals surface area contributed by atoms with E-state index in [9.17, 15) is 0 Å². The molecule has 0 atom stereocenters. The van der Waals surface area contributed by atoms with E-state index in [0.717, 1.165) is 88.4 Å². The Balaban J connectivity index is 1.03. The van der Waals surface area contributed by atoms with Crippen molar-refractivity contribution in [3.63, 3.8) is 0 Å². The first-order chi connectivity index (χ1) is 29.2. The van der Waals surface area contributed by atoms with Crippen LogP contribution in [0.2, 0.25) is 0 Å². The van der Waals surface area contributed by atoms with Crippen LogP contribution in [-0.2, 0) is 0 Å². The number of rotatable bonds is 4. The predicted molar refractivity (Wildman–Crippen MR) is 242 cm³/mol. The number of fused-ring (bicyclic) bond motifs is 12. The van der Waals surface area contributed by atoms with E-state index in [1.165, 1.54) is 32.6 Å². The summed E-state index contributed by atoms with van der Waals surface area (Å²) in [6.45, 7) is 0. The lowest BCUT2D eigenvalue weighted by molar-refractivity contribution is 0.668. The molecule has 5 nitrogen and oxygen atoms in total. The van der Waals surface area contributed by atoms with Crippen LogP contribution in [-0.4, -0.2) is 14.5 Å². The fourth-order valence-corrected chi connectivity index (χ4v) is 9.39. The molecule has 0 saturated carbocycles.